The quantitative estimate of drug-likeness (QED) is 0.800. The fraction of sp³-hybridized carbons (Fsp3) is 0.455. The van der Waals surface area contributed by atoms with Gasteiger partial charge < -0.3 is 10.2 Å². The minimum Gasteiger partial charge on any atom is -0.350 e. The minimum atomic E-state index is -0.317. The average Bonchev–Trinajstić information content (AvgIpc) is 3.43. The molecule has 0 unspecified atom stereocenters. The first-order valence-corrected chi connectivity index (χ1v) is 10.8. The third-order valence-electron chi connectivity index (χ3n) is 6.03. The number of hydrogen-bond donors (Lipinski definition) is 1. The van der Waals surface area contributed by atoms with Crippen molar-refractivity contribution in [2.75, 3.05) is 13.1 Å². The van der Waals surface area contributed by atoms with Gasteiger partial charge in [-0.1, -0.05) is 24.3 Å². The molecule has 4 nitrogen and oxygen atoms in total. The molecule has 2 aromatic rings. The van der Waals surface area contributed by atoms with Crippen molar-refractivity contribution in [2.24, 2.45) is 0 Å². The molecule has 1 N–H and O–H groups in total. The van der Waals surface area contributed by atoms with Gasteiger partial charge in [0.15, 0.2) is 0 Å². The Morgan fingerprint density at radius 3 is 2.86 bits per heavy atom. The second-order valence-electron chi connectivity index (χ2n) is 7.93. The fourth-order valence-electron chi connectivity index (χ4n) is 4.48. The average molecular weight is 401 g/mol. The molecule has 148 valence electrons. The fourth-order valence-corrected chi connectivity index (χ4v) is 5.33. The van der Waals surface area contributed by atoms with Crippen molar-refractivity contribution in [3.63, 3.8) is 0 Å². The molecule has 2 amide bonds. The monoisotopic (exact) mass is 400 g/mol. The summed E-state index contributed by atoms with van der Waals surface area (Å²) in [5.74, 6) is 0.0529. The molecule has 2 fully saturated rings. The molecule has 0 aliphatic carbocycles. The molecule has 3 heterocycles. The molecule has 0 saturated carbocycles. The minimum absolute atomic E-state index is 0.0661. The Kier molecular flexibility index (Phi) is 5.49. The second-order valence-corrected chi connectivity index (χ2v) is 8.96. The Balaban J connectivity index is 1.36. The molecular formula is C22H25FN2O2S. The number of thiophene rings is 1. The highest BCUT2D eigenvalue weighted by Gasteiger charge is 2.39. The number of benzene rings is 1. The lowest BCUT2D eigenvalue weighted by Gasteiger charge is -2.29. The zero-order valence-corrected chi connectivity index (χ0v) is 16.6. The number of amides is 2. The van der Waals surface area contributed by atoms with Crippen LogP contribution in [-0.2, 0) is 16.0 Å². The number of carbonyl (C=O) groups excluding carboxylic acids is 2. The van der Waals surface area contributed by atoms with Crippen molar-refractivity contribution >= 4 is 23.2 Å². The van der Waals surface area contributed by atoms with Gasteiger partial charge in [-0.25, -0.2) is 4.39 Å². The summed E-state index contributed by atoms with van der Waals surface area (Å²) in [4.78, 5) is 27.8. The highest BCUT2D eigenvalue weighted by molar-refractivity contribution is 7.09. The van der Waals surface area contributed by atoms with Crippen molar-refractivity contribution in [3.05, 3.63) is 58.0 Å². The van der Waals surface area contributed by atoms with Crippen LogP contribution in [0.1, 0.15) is 48.5 Å². The molecule has 1 aromatic carbocycles. The van der Waals surface area contributed by atoms with Gasteiger partial charge in [-0.3, -0.25) is 9.59 Å². The first kappa shape index (κ1) is 19.1. The molecule has 2 atom stereocenters. The van der Waals surface area contributed by atoms with Crippen molar-refractivity contribution in [2.45, 2.75) is 50.0 Å². The van der Waals surface area contributed by atoms with Crippen LogP contribution < -0.4 is 5.32 Å². The largest absolute Gasteiger partial charge is 0.350 e. The number of nitrogens with zero attached hydrogens (tertiary/aromatic N) is 1. The molecule has 0 bridgehead atoms. The molecule has 1 aromatic heterocycles. The summed E-state index contributed by atoms with van der Waals surface area (Å²) in [5.41, 5.74) is 0.387. The lowest BCUT2D eigenvalue weighted by atomic mass is 9.87. The van der Waals surface area contributed by atoms with E-state index in [1.54, 1.807) is 17.4 Å². The third kappa shape index (κ3) is 4.12. The van der Waals surface area contributed by atoms with Crippen molar-refractivity contribution in [3.8, 4) is 0 Å². The lowest BCUT2D eigenvalue weighted by Crippen LogP contribution is -2.44. The maximum atomic E-state index is 14.0. The van der Waals surface area contributed by atoms with Crippen LogP contribution in [0.15, 0.2) is 41.8 Å². The van der Waals surface area contributed by atoms with E-state index in [1.807, 2.05) is 28.5 Å². The van der Waals surface area contributed by atoms with Crippen LogP contribution in [0.5, 0.6) is 0 Å². The highest BCUT2D eigenvalue weighted by Crippen LogP contribution is 2.33. The second kappa shape index (κ2) is 8.03. The number of likely N-dealkylation sites (tertiary alicyclic amines) is 1. The smallest absolute Gasteiger partial charge is 0.222 e. The zero-order chi connectivity index (χ0) is 19.6. The van der Waals surface area contributed by atoms with Crippen LogP contribution in [0.2, 0.25) is 0 Å². The molecule has 28 heavy (non-hydrogen) atoms. The molecule has 2 aliphatic heterocycles. The van der Waals surface area contributed by atoms with Gasteiger partial charge in [-0.05, 0) is 42.3 Å². The molecule has 6 heteroatoms. The van der Waals surface area contributed by atoms with E-state index in [4.69, 9.17) is 0 Å². The van der Waals surface area contributed by atoms with Gasteiger partial charge in [0.25, 0.3) is 0 Å². The molecule has 4 rings (SSSR count). The zero-order valence-electron chi connectivity index (χ0n) is 15.8. The Hall–Kier alpha value is -2.21. The summed E-state index contributed by atoms with van der Waals surface area (Å²) in [6.07, 6.45) is 3.94. The van der Waals surface area contributed by atoms with E-state index >= 15 is 0 Å². The molecule has 2 aliphatic rings. The van der Waals surface area contributed by atoms with Crippen LogP contribution in [-0.4, -0.2) is 35.3 Å². The number of carbonyl (C=O) groups is 2. The molecule has 0 radical (unpaired) electrons. The number of hydrogen-bond acceptors (Lipinski definition) is 3. The third-order valence-corrected chi connectivity index (χ3v) is 6.91. The summed E-state index contributed by atoms with van der Waals surface area (Å²) in [7, 11) is 0. The van der Waals surface area contributed by atoms with E-state index in [0.29, 0.717) is 37.9 Å². The van der Waals surface area contributed by atoms with Gasteiger partial charge >= 0.3 is 0 Å². The van der Waals surface area contributed by atoms with E-state index in [-0.39, 0.29) is 29.1 Å². The normalized spacial score (nSPS) is 24.5. The summed E-state index contributed by atoms with van der Waals surface area (Å²) in [5, 5.41) is 5.18. The van der Waals surface area contributed by atoms with E-state index in [0.717, 1.165) is 19.3 Å². The predicted octanol–water partition coefficient (Wildman–Crippen LogP) is 3.87. The van der Waals surface area contributed by atoms with E-state index in [2.05, 4.69) is 11.4 Å². The highest BCUT2D eigenvalue weighted by atomic mass is 32.1. The van der Waals surface area contributed by atoms with Crippen LogP contribution in [0.4, 0.5) is 4.39 Å². The van der Waals surface area contributed by atoms with Crippen molar-refractivity contribution in [1.82, 2.24) is 10.2 Å². The molecule has 2 saturated heterocycles. The number of rotatable bonds is 6. The van der Waals surface area contributed by atoms with Gasteiger partial charge in [0.05, 0.1) is 0 Å². The van der Waals surface area contributed by atoms with Gasteiger partial charge in [-0.2, -0.15) is 0 Å². The molecule has 0 spiro atoms. The topological polar surface area (TPSA) is 49.4 Å². The Morgan fingerprint density at radius 1 is 1.29 bits per heavy atom. The van der Waals surface area contributed by atoms with Gasteiger partial charge in [0, 0.05) is 48.7 Å². The van der Waals surface area contributed by atoms with Crippen molar-refractivity contribution in [1.29, 1.82) is 0 Å². The van der Waals surface area contributed by atoms with Crippen LogP contribution in [0, 0.1) is 5.82 Å². The van der Waals surface area contributed by atoms with E-state index in [9.17, 15) is 14.0 Å². The maximum Gasteiger partial charge on any atom is 0.222 e. The Bertz CT molecular complexity index is 854. The van der Waals surface area contributed by atoms with Gasteiger partial charge in [-0.15, -0.1) is 11.3 Å². The van der Waals surface area contributed by atoms with Crippen LogP contribution in [0.3, 0.4) is 0 Å². The van der Waals surface area contributed by atoms with Gasteiger partial charge in [0.1, 0.15) is 5.82 Å². The first-order chi connectivity index (χ1) is 13.5. The van der Waals surface area contributed by atoms with Crippen LogP contribution in [0.25, 0.3) is 0 Å². The summed E-state index contributed by atoms with van der Waals surface area (Å²) < 4.78 is 14.0. The van der Waals surface area contributed by atoms with E-state index < -0.39 is 0 Å². The number of halogens is 1. The predicted molar refractivity (Wildman–Crippen MR) is 108 cm³/mol. The summed E-state index contributed by atoms with van der Waals surface area (Å²) in [6.45, 7) is 1.24. The summed E-state index contributed by atoms with van der Waals surface area (Å²) in [6, 6.07) is 10.9. The first-order valence-electron chi connectivity index (χ1n) is 9.90. The van der Waals surface area contributed by atoms with Crippen LogP contribution >= 0.6 is 11.3 Å². The number of nitrogens with one attached hydrogen (secondary N) is 1. The maximum absolute atomic E-state index is 14.0. The van der Waals surface area contributed by atoms with Crippen molar-refractivity contribution < 1.29 is 14.0 Å². The Morgan fingerprint density at radius 2 is 2.14 bits per heavy atom. The van der Waals surface area contributed by atoms with Gasteiger partial charge in [0.2, 0.25) is 11.8 Å². The lowest BCUT2D eigenvalue weighted by molar-refractivity contribution is -0.131. The molecular weight excluding hydrogens is 375 g/mol. The van der Waals surface area contributed by atoms with E-state index in [1.165, 1.54) is 10.9 Å². The summed E-state index contributed by atoms with van der Waals surface area (Å²) >= 11 is 1.69. The SMILES string of the molecule is O=C1CC[C@@](CCC(=O)N2CC[C@@H](c3ccccc3F)C2)(Cc2cccs2)N1. The Labute approximate surface area is 168 Å². The standard InChI is InChI=1S/C22H25FN2O2S/c23-19-6-2-1-5-18(19)16-9-12-25(15-16)21(27)8-11-22(10-7-20(26)24-22)14-17-4-3-13-28-17/h1-6,13,16H,7-12,14-15H2,(H,24,26)/t16-,22-/m1/s1.